The second-order valence-electron chi connectivity index (χ2n) is 2.82. The zero-order valence-corrected chi connectivity index (χ0v) is 10.1. The van der Waals surface area contributed by atoms with Crippen LogP contribution in [-0.4, -0.2) is 45.4 Å². The van der Waals surface area contributed by atoms with Gasteiger partial charge in [-0.2, -0.15) is 12.7 Å². The summed E-state index contributed by atoms with van der Waals surface area (Å²) in [5.74, 6) is -0.417. The molecule has 0 aromatic carbocycles. The van der Waals surface area contributed by atoms with Crippen molar-refractivity contribution in [1.29, 1.82) is 0 Å². The number of nitrogens with zero attached hydrogens (tertiary/aromatic N) is 1. The maximum atomic E-state index is 11.5. The fourth-order valence-corrected chi connectivity index (χ4v) is 2.26. The van der Waals surface area contributed by atoms with Crippen molar-refractivity contribution in [3.63, 3.8) is 0 Å². The van der Waals surface area contributed by atoms with Crippen molar-refractivity contribution < 1.29 is 17.9 Å². The maximum absolute atomic E-state index is 11.5. The summed E-state index contributed by atoms with van der Waals surface area (Å²) in [4.78, 5) is 10.9. The highest BCUT2D eigenvalue weighted by atomic mass is 32.2. The predicted octanol–water partition coefficient (Wildman–Crippen LogP) is -0.274. The number of carbonyl (C=O) groups is 1. The molecule has 7 heteroatoms. The number of hydrogen-bond donors (Lipinski definition) is 1. The molecule has 15 heavy (non-hydrogen) atoms. The molecule has 0 aromatic heterocycles. The highest BCUT2D eigenvalue weighted by Crippen LogP contribution is 1.99. The predicted molar refractivity (Wildman–Crippen MR) is 56.5 cm³/mol. The lowest BCUT2D eigenvalue weighted by atomic mass is 10.4. The Morgan fingerprint density at radius 3 is 2.40 bits per heavy atom. The standard InChI is InChI=1S/C8H18N2O4S/c1-4-9-15(12,13)10(5-2)7-6-8(11)14-3/h9H,4-7H2,1-3H3. The van der Waals surface area contributed by atoms with Crippen molar-refractivity contribution >= 4 is 16.2 Å². The summed E-state index contributed by atoms with van der Waals surface area (Å²) in [6.45, 7) is 4.21. The smallest absolute Gasteiger partial charge is 0.306 e. The van der Waals surface area contributed by atoms with Crippen LogP contribution in [0.1, 0.15) is 20.3 Å². The molecule has 0 rings (SSSR count). The molecule has 6 nitrogen and oxygen atoms in total. The fourth-order valence-electron chi connectivity index (χ4n) is 1.04. The molecule has 0 fully saturated rings. The van der Waals surface area contributed by atoms with Crippen molar-refractivity contribution in [1.82, 2.24) is 9.03 Å². The Morgan fingerprint density at radius 1 is 1.40 bits per heavy atom. The lowest BCUT2D eigenvalue weighted by Crippen LogP contribution is -2.41. The molecule has 0 aromatic rings. The van der Waals surface area contributed by atoms with Gasteiger partial charge in [0.15, 0.2) is 0 Å². The molecular formula is C8H18N2O4S. The molecule has 0 atom stereocenters. The Bertz CT molecular complexity index is 289. The Labute approximate surface area is 90.8 Å². The number of methoxy groups -OCH3 is 1. The SMILES string of the molecule is CCNS(=O)(=O)N(CC)CCC(=O)OC. The van der Waals surface area contributed by atoms with Crippen LogP contribution >= 0.6 is 0 Å². The van der Waals surface area contributed by atoms with Crippen LogP contribution in [0.25, 0.3) is 0 Å². The van der Waals surface area contributed by atoms with Gasteiger partial charge >= 0.3 is 5.97 Å². The molecular weight excluding hydrogens is 220 g/mol. The van der Waals surface area contributed by atoms with Crippen LogP contribution in [-0.2, 0) is 19.7 Å². The molecule has 1 N–H and O–H groups in total. The fraction of sp³-hybridized carbons (Fsp3) is 0.875. The van der Waals surface area contributed by atoms with E-state index in [1.165, 1.54) is 11.4 Å². The first-order valence-corrected chi connectivity index (χ1v) is 6.23. The number of carbonyl (C=O) groups excluding carboxylic acids is 1. The summed E-state index contributed by atoms with van der Waals surface area (Å²) in [6, 6.07) is 0. The lowest BCUT2D eigenvalue weighted by Gasteiger charge is -2.19. The summed E-state index contributed by atoms with van der Waals surface area (Å²) >= 11 is 0. The van der Waals surface area contributed by atoms with Crippen LogP contribution in [0, 0.1) is 0 Å². The highest BCUT2D eigenvalue weighted by Gasteiger charge is 2.19. The van der Waals surface area contributed by atoms with Crippen LogP contribution in [0.2, 0.25) is 0 Å². The zero-order valence-electron chi connectivity index (χ0n) is 9.32. The van der Waals surface area contributed by atoms with Gasteiger partial charge in [-0.25, -0.2) is 4.72 Å². The van der Waals surface area contributed by atoms with E-state index in [0.29, 0.717) is 13.1 Å². The monoisotopic (exact) mass is 238 g/mol. The molecule has 0 unspecified atom stereocenters. The van der Waals surface area contributed by atoms with Gasteiger partial charge in [-0.15, -0.1) is 0 Å². The third kappa shape index (κ3) is 5.10. The van der Waals surface area contributed by atoms with Crippen LogP contribution < -0.4 is 4.72 Å². The summed E-state index contributed by atoms with van der Waals surface area (Å²) in [6.07, 6.45) is 0.0644. The second kappa shape index (κ2) is 6.76. The van der Waals surface area contributed by atoms with Gasteiger partial charge < -0.3 is 4.74 Å². The Morgan fingerprint density at radius 2 is 2.00 bits per heavy atom. The minimum Gasteiger partial charge on any atom is -0.469 e. The number of ether oxygens (including phenoxy) is 1. The highest BCUT2D eigenvalue weighted by molar-refractivity contribution is 7.87. The normalized spacial score (nSPS) is 11.7. The number of esters is 1. The maximum Gasteiger partial charge on any atom is 0.306 e. The van der Waals surface area contributed by atoms with Crippen molar-refractivity contribution in [2.45, 2.75) is 20.3 Å². The van der Waals surface area contributed by atoms with Crippen molar-refractivity contribution in [2.75, 3.05) is 26.7 Å². The molecule has 0 spiro atoms. The first-order chi connectivity index (χ1) is 6.97. The average molecular weight is 238 g/mol. The summed E-state index contributed by atoms with van der Waals surface area (Å²) in [5.41, 5.74) is 0. The van der Waals surface area contributed by atoms with E-state index in [0.717, 1.165) is 0 Å². The first-order valence-electron chi connectivity index (χ1n) is 4.79. The molecule has 0 radical (unpaired) electrons. The zero-order chi connectivity index (χ0) is 11.9. The molecule has 0 aliphatic rings. The molecule has 0 aliphatic heterocycles. The van der Waals surface area contributed by atoms with Crippen molar-refractivity contribution in [3.05, 3.63) is 0 Å². The van der Waals surface area contributed by atoms with E-state index < -0.39 is 16.2 Å². The Kier molecular flexibility index (Phi) is 6.46. The van der Waals surface area contributed by atoms with E-state index in [2.05, 4.69) is 9.46 Å². The van der Waals surface area contributed by atoms with Gasteiger partial charge in [0.2, 0.25) is 0 Å². The van der Waals surface area contributed by atoms with Crippen LogP contribution in [0.4, 0.5) is 0 Å². The van der Waals surface area contributed by atoms with Crippen molar-refractivity contribution in [3.8, 4) is 0 Å². The topological polar surface area (TPSA) is 75.7 Å². The van der Waals surface area contributed by atoms with Gasteiger partial charge in [0.25, 0.3) is 10.2 Å². The van der Waals surface area contributed by atoms with Gasteiger partial charge in [-0.1, -0.05) is 13.8 Å². The second-order valence-corrected chi connectivity index (χ2v) is 4.58. The molecule has 0 heterocycles. The number of nitrogens with one attached hydrogen (secondary N) is 1. The van der Waals surface area contributed by atoms with Gasteiger partial charge in [0.1, 0.15) is 0 Å². The molecule has 0 amide bonds. The van der Waals surface area contributed by atoms with Crippen molar-refractivity contribution in [2.24, 2.45) is 0 Å². The van der Waals surface area contributed by atoms with E-state index in [4.69, 9.17) is 0 Å². The van der Waals surface area contributed by atoms with Crippen LogP contribution in [0.3, 0.4) is 0 Å². The van der Waals surface area contributed by atoms with E-state index in [-0.39, 0.29) is 13.0 Å². The van der Waals surface area contributed by atoms with E-state index >= 15 is 0 Å². The largest absolute Gasteiger partial charge is 0.469 e. The molecule has 0 bridgehead atoms. The minimum atomic E-state index is -3.45. The van der Waals surface area contributed by atoms with Gasteiger partial charge in [-0.05, 0) is 0 Å². The molecule has 0 saturated heterocycles. The number of hydrogen-bond acceptors (Lipinski definition) is 4. The summed E-state index contributed by atoms with van der Waals surface area (Å²) < 4.78 is 31.1. The molecule has 90 valence electrons. The molecule has 0 saturated carbocycles. The number of rotatable bonds is 7. The van der Waals surface area contributed by atoms with E-state index in [9.17, 15) is 13.2 Å². The lowest BCUT2D eigenvalue weighted by molar-refractivity contribution is -0.140. The van der Waals surface area contributed by atoms with E-state index in [1.54, 1.807) is 13.8 Å². The van der Waals surface area contributed by atoms with Crippen LogP contribution in [0.15, 0.2) is 0 Å². The summed E-state index contributed by atoms with van der Waals surface area (Å²) in [7, 11) is -2.18. The third-order valence-corrected chi connectivity index (χ3v) is 3.59. The van der Waals surface area contributed by atoms with Gasteiger partial charge in [0.05, 0.1) is 13.5 Å². The Balaban J connectivity index is 4.31. The third-order valence-electron chi connectivity index (χ3n) is 1.81. The van der Waals surface area contributed by atoms with E-state index in [1.807, 2.05) is 0 Å². The van der Waals surface area contributed by atoms with Gasteiger partial charge in [-0.3, -0.25) is 4.79 Å². The molecule has 0 aliphatic carbocycles. The first kappa shape index (κ1) is 14.3. The van der Waals surface area contributed by atoms with Crippen LogP contribution in [0.5, 0.6) is 0 Å². The van der Waals surface area contributed by atoms with Gasteiger partial charge in [0, 0.05) is 19.6 Å². The Hall–Kier alpha value is -0.660. The average Bonchev–Trinajstić information content (AvgIpc) is 2.17. The quantitative estimate of drug-likeness (QED) is 0.619. The summed E-state index contributed by atoms with van der Waals surface area (Å²) in [5, 5.41) is 0. The minimum absolute atomic E-state index is 0.0644.